The Morgan fingerprint density at radius 2 is 1.86 bits per heavy atom. The molecule has 1 aliphatic carbocycles. The maximum atomic E-state index is 12.6. The molecule has 0 unspecified atom stereocenters. The van der Waals surface area contributed by atoms with Crippen LogP contribution in [0, 0.1) is 5.92 Å². The van der Waals surface area contributed by atoms with Gasteiger partial charge in [-0.05, 0) is 52.9 Å². The Kier molecular flexibility index (Phi) is 4.27. The van der Waals surface area contributed by atoms with Crippen molar-refractivity contribution in [3.63, 3.8) is 0 Å². The number of anilines is 1. The van der Waals surface area contributed by atoms with Crippen molar-refractivity contribution >= 4 is 31.6 Å². The molecule has 7 heteroatoms. The lowest BCUT2D eigenvalue weighted by molar-refractivity contribution is 0.182. The third kappa shape index (κ3) is 3.41. The van der Waals surface area contributed by atoms with Gasteiger partial charge in [0.05, 0.1) is 4.90 Å². The lowest BCUT2D eigenvalue weighted by Gasteiger charge is -2.34. The molecule has 0 aromatic heterocycles. The van der Waals surface area contributed by atoms with Gasteiger partial charge in [-0.25, -0.2) is 8.42 Å². The first-order valence-corrected chi connectivity index (χ1v) is 9.47. The molecule has 0 radical (unpaired) electrons. The fraction of sp³-hybridized carbons (Fsp3) is 0.571. The number of hydrogen-bond donors (Lipinski definition) is 1. The highest BCUT2D eigenvalue weighted by molar-refractivity contribution is 9.10. The number of sulfonamides is 1. The Hall–Kier alpha value is -0.630. The molecule has 1 heterocycles. The quantitative estimate of drug-likeness (QED) is 0.816. The lowest BCUT2D eigenvalue weighted by Crippen LogP contribution is -2.49. The molecular formula is C14H20BrN3O2S. The topological polar surface area (TPSA) is 66.6 Å². The van der Waals surface area contributed by atoms with Gasteiger partial charge in [-0.15, -0.1) is 0 Å². The molecule has 5 nitrogen and oxygen atoms in total. The Morgan fingerprint density at radius 1 is 1.19 bits per heavy atom. The van der Waals surface area contributed by atoms with Crippen LogP contribution in [0.1, 0.15) is 12.8 Å². The first-order valence-electron chi connectivity index (χ1n) is 7.24. The average molecular weight is 374 g/mol. The summed E-state index contributed by atoms with van der Waals surface area (Å²) in [6, 6.07) is 4.79. The van der Waals surface area contributed by atoms with E-state index in [2.05, 4.69) is 20.8 Å². The van der Waals surface area contributed by atoms with E-state index in [4.69, 9.17) is 5.73 Å². The van der Waals surface area contributed by atoms with Crippen LogP contribution in [-0.4, -0.2) is 50.3 Å². The summed E-state index contributed by atoms with van der Waals surface area (Å²) in [7, 11) is -3.42. The molecule has 0 spiro atoms. The Morgan fingerprint density at radius 3 is 2.43 bits per heavy atom. The van der Waals surface area contributed by atoms with E-state index in [0.29, 0.717) is 28.1 Å². The van der Waals surface area contributed by atoms with Gasteiger partial charge >= 0.3 is 0 Å². The van der Waals surface area contributed by atoms with Gasteiger partial charge in [0.25, 0.3) is 0 Å². The van der Waals surface area contributed by atoms with Gasteiger partial charge in [0.1, 0.15) is 0 Å². The predicted molar refractivity (Wildman–Crippen MR) is 86.5 cm³/mol. The number of nitrogen functional groups attached to an aromatic ring is 1. The SMILES string of the molecule is Nc1ccc(S(=O)(=O)N2CCN(CC3CC3)CC2)cc1Br. The van der Waals surface area contributed by atoms with Crippen LogP contribution in [0.4, 0.5) is 5.69 Å². The average Bonchev–Trinajstić information content (AvgIpc) is 3.26. The largest absolute Gasteiger partial charge is 0.398 e. The lowest BCUT2D eigenvalue weighted by atomic mass is 10.3. The molecule has 1 saturated heterocycles. The van der Waals surface area contributed by atoms with Crippen molar-refractivity contribution in [1.82, 2.24) is 9.21 Å². The number of halogens is 1. The van der Waals surface area contributed by atoms with E-state index in [-0.39, 0.29) is 0 Å². The van der Waals surface area contributed by atoms with Crippen molar-refractivity contribution < 1.29 is 8.42 Å². The molecule has 2 aliphatic rings. The third-order valence-corrected chi connectivity index (χ3v) is 6.74. The number of hydrogen-bond acceptors (Lipinski definition) is 4. The van der Waals surface area contributed by atoms with Gasteiger partial charge in [-0.2, -0.15) is 4.31 Å². The summed E-state index contributed by atoms with van der Waals surface area (Å²) >= 11 is 3.29. The molecule has 1 aromatic carbocycles. The van der Waals surface area contributed by atoms with Gasteiger partial charge in [0.15, 0.2) is 0 Å². The molecule has 116 valence electrons. The van der Waals surface area contributed by atoms with Gasteiger partial charge < -0.3 is 10.6 Å². The van der Waals surface area contributed by atoms with Crippen LogP contribution in [0.25, 0.3) is 0 Å². The van der Waals surface area contributed by atoms with E-state index in [1.54, 1.807) is 22.5 Å². The molecule has 2 fully saturated rings. The van der Waals surface area contributed by atoms with E-state index in [9.17, 15) is 8.42 Å². The van der Waals surface area contributed by atoms with Crippen molar-refractivity contribution in [2.75, 3.05) is 38.5 Å². The Bertz CT molecular complexity index is 623. The fourth-order valence-electron chi connectivity index (χ4n) is 2.64. The molecule has 21 heavy (non-hydrogen) atoms. The van der Waals surface area contributed by atoms with Crippen LogP contribution in [0.15, 0.2) is 27.6 Å². The molecular weight excluding hydrogens is 354 g/mol. The normalized spacial score (nSPS) is 21.6. The molecule has 2 N–H and O–H groups in total. The Labute approximate surface area is 134 Å². The maximum Gasteiger partial charge on any atom is 0.243 e. The number of benzene rings is 1. The van der Waals surface area contributed by atoms with Crippen LogP contribution in [0.5, 0.6) is 0 Å². The van der Waals surface area contributed by atoms with Gasteiger partial charge in [-0.1, -0.05) is 0 Å². The van der Waals surface area contributed by atoms with Crippen LogP contribution >= 0.6 is 15.9 Å². The summed E-state index contributed by atoms with van der Waals surface area (Å²) in [5.74, 6) is 0.848. The number of nitrogens with two attached hydrogens (primary N) is 1. The van der Waals surface area contributed by atoms with Crippen molar-refractivity contribution in [1.29, 1.82) is 0 Å². The maximum absolute atomic E-state index is 12.6. The zero-order valence-electron chi connectivity index (χ0n) is 11.8. The summed E-state index contributed by atoms with van der Waals surface area (Å²) in [5, 5.41) is 0. The summed E-state index contributed by atoms with van der Waals surface area (Å²) < 4.78 is 27.5. The third-order valence-electron chi connectivity index (χ3n) is 4.15. The number of piperazine rings is 1. The minimum absolute atomic E-state index is 0.305. The molecule has 1 aromatic rings. The van der Waals surface area contributed by atoms with E-state index >= 15 is 0 Å². The summed E-state index contributed by atoms with van der Waals surface area (Å²) in [6.07, 6.45) is 2.66. The highest BCUT2D eigenvalue weighted by Gasteiger charge is 2.31. The number of nitrogens with zero attached hydrogens (tertiary/aromatic N) is 2. The summed E-state index contributed by atoms with van der Waals surface area (Å²) in [4.78, 5) is 2.68. The monoisotopic (exact) mass is 373 g/mol. The van der Waals surface area contributed by atoms with Crippen molar-refractivity contribution in [3.05, 3.63) is 22.7 Å². The molecule has 0 bridgehead atoms. The molecule has 3 rings (SSSR count). The van der Waals surface area contributed by atoms with Gasteiger partial charge in [0.2, 0.25) is 10.0 Å². The van der Waals surface area contributed by atoms with Gasteiger partial charge in [-0.3, -0.25) is 0 Å². The second kappa shape index (κ2) is 5.87. The second-order valence-electron chi connectivity index (χ2n) is 5.83. The molecule has 1 saturated carbocycles. The van der Waals surface area contributed by atoms with Crippen LogP contribution in [0.3, 0.4) is 0 Å². The predicted octanol–water partition coefficient (Wildman–Crippen LogP) is 1.75. The first kappa shape index (κ1) is 15.3. The summed E-state index contributed by atoms with van der Waals surface area (Å²) in [6.45, 7) is 3.91. The van der Waals surface area contributed by atoms with Crippen LogP contribution < -0.4 is 5.73 Å². The smallest absolute Gasteiger partial charge is 0.243 e. The van der Waals surface area contributed by atoms with Crippen molar-refractivity contribution in [3.8, 4) is 0 Å². The minimum Gasteiger partial charge on any atom is -0.398 e. The van der Waals surface area contributed by atoms with E-state index in [0.717, 1.165) is 25.6 Å². The van der Waals surface area contributed by atoms with Gasteiger partial charge in [0, 0.05) is 42.9 Å². The zero-order chi connectivity index (χ0) is 15.0. The highest BCUT2D eigenvalue weighted by atomic mass is 79.9. The van der Waals surface area contributed by atoms with Crippen molar-refractivity contribution in [2.24, 2.45) is 5.92 Å². The van der Waals surface area contributed by atoms with E-state index in [1.165, 1.54) is 12.8 Å². The highest BCUT2D eigenvalue weighted by Crippen LogP contribution is 2.30. The van der Waals surface area contributed by atoms with Crippen molar-refractivity contribution in [2.45, 2.75) is 17.7 Å². The standard InChI is InChI=1S/C14H20BrN3O2S/c15-13-9-12(3-4-14(13)16)21(19,20)18-7-5-17(6-8-18)10-11-1-2-11/h3-4,9,11H,1-2,5-8,10,16H2. The van der Waals surface area contributed by atoms with E-state index < -0.39 is 10.0 Å². The minimum atomic E-state index is -3.42. The fourth-order valence-corrected chi connectivity index (χ4v) is 4.61. The summed E-state index contributed by atoms with van der Waals surface area (Å²) in [5.41, 5.74) is 6.26. The molecule has 0 amide bonds. The van der Waals surface area contributed by atoms with E-state index in [1.807, 2.05) is 0 Å². The number of rotatable bonds is 4. The van der Waals surface area contributed by atoms with Crippen LogP contribution in [-0.2, 0) is 10.0 Å². The molecule has 1 aliphatic heterocycles. The second-order valence-corrected chi connectivity index (χ2v) is 8.62. The molecule has 0 atom stereocenters. The Balaban J connectivity index is 1.68. The first-order chi connectivity index (χ1) is 9.96. The van der Waals surface area contributed by atoms with Crippen LogP contribution in [0.2, 0.25) is 0 Å². The zero-order valence-corrected chi connectivity index (χ0v) is 14.2.